The van der Waals surface area contributed by atoms with Crippen LogP contribution in [-0.4, -0.2) is 43.5 Å². The van der Waals surface area contributed by atoms with Crippen molar-refractivity contribution in [3.63, 3.8) is 0 Å². The molecule has 4 nitrogen and oxygen atoms in total. The van der Waals surface area contributed by atoms with Crippen LogP contribution < -0.4 is 10.6 Å². The molecule has 1 aliphatic rings. The summed E-state index contributed by atoms with van der Waals surface area (Å²) in [6.07, 6.45) is 1.07. The van der Waals surface area contributed by atoms with Gasteiger partial charge in [-0.25, -0.2) is 0 Å². The Labute approximate surface area is 145 Å². The fraction of sp³-hybridized carbons (Fsp3) is 0.562. The lowest BCUT2D eigenvalue weighted by Gasteiger charge is -2.27. The second-order valence-electron chi connectivity index (χ2n) is 5.77. The molecule has 0 fully saturated rings. The van der Waals surface area contributed by atoms with E-state index in [1.807, 2.05) is 11.9 Å². The molecule has 1 aromatic rings. The van der Waals surface area contributed by atoms with Crippen LogP contribution in [0.1, 0.15) is 31.0 Å². The number of fused-ring (bicyclic) bond motifs is 1. The summed E-state index contributed by atoms with van der Waals surface area (Å²) in [7, 11) is 1.97. The molecule has 2 N–H and O–H groups in total. The second kappa shape index (κ2) is 10.1. The number of nitrogens with zero attached hydrogens (tertiary/aromatic N) is 1. The van der Waals surface area contributed by atoms with Gasteiger partial charge in [0.25, 0.3) is 0 Å². The van der Waals surface area contributed by atoms with Crippen molar-refractivity contribution in [2.75, 3.05) is 26.7 Å². The Morgan fingerprint density at radius 3 is 2.73 bits per heavy atom. The van der Waals surface area contributed by atoms with Crippen molar-refractivity contribution >= 4 is 30.7 Å². The molecule has 0 saturated heterocycles. The normalized spacial score (nSPS) is 16.5. The van der Waals surface area contributed by atoms with Gasteiger partial charge in [-0.15, -0.1) is 24.8 Å². The summed E-state index contributed by atoms with van der Waals surface area (Å²) in [5.74, 6) is 0.0889. The predicted octanol–water partition coefficient (Wildman–Crippen LogP) is 2.17. The van der Waals surface area contributed by atoms with E-state index in [4.69, 9.17) is 0 Å². The highest BCUT2D eigenvalue weighted by Crippen LogP contribution is 2.21. The molecule has 0 saturated carbocycles. The maximum atomic E-state index is 11.9. The molecule has 126 valence electrons. The van der Waals surface area contributed by atoms with E-state index in [9.17, 15) is 4.79 Å². The highest BCUT2D eigenvalue weighted by Gasteiger charge is 2.19. The van der Waals surface area contributed by atoms with Gasteiger partial charge in [-0.1, -0.05) is 24.3 Å². The molecule has 1 atom stereocenters. The molecule has 0 bridgehead atoms. The maximum absolute atomic E-state index is 11.9. The SMILES string of the molecule is CC(C)N(C)CC(=O)NCC1NCCc2ccccc21.Cl.Cl. The lowest BCUT2D eigenvalue weighted by Crippen LogP contribution is -2.43. The molecule has 0 radical (unpaired) electrons. The van der Waals surface area contributed by atoms with Gasteiger partial charge >= 0.3 is 0 Å². The Bertz CT molecular complexity index is 468. The first-order valence-corrected chi connectivity index (χ1v) is 7.36. The second-order valence-corrected chi connectivity index (χ2v) is 5.77. The Morgan fingerprint density at radius 2 is 2.05 bits per heavy atom. The summed E-state index contributed by atoms with van der Waals surface area (Å²) < 4.78 is 0. The number of halogens is 2. The van der Waals surface area contributed by atoms with Gasteiger partial charge in [0.2, 0.25) is 5.91 Å². The number of benzene rings is 1. The average molecular weight is 348 g/mol. The molecule has 0 aliphatic carbocycles. The largest absolute Gasteiger partial charge is 0.353 e. The number of amides is 1. The Kier molecular flexibility index (Phi) is 9.69. The third kappa shape index (κ3) is 5.76. The number of nitrogens with one attached hydrogen (secondary N) is 2. The lowest BCUT2D eigenvalue weighted by molar-refractivity contribution is -0.122. The van der Waals surface area contributed by atoms with E-state index >= 15 is 0 Å². The number of carbonyl (C=O) groups is 1. The fourth-order valence-electron chi connectivity index (χ4n) is 2.46. The van der Waals surface area contributed by atoms with E-state index in [0.29, 0.717) is 19.1 Å². The van der Waals surface area contributed by atoms with Gasteiger partial charge in [-0.2, -0.15) is 0 Å². The monoisotopic (exact) mass is 347 g/mol. The molecule has 2 rings (SSSR count). The van der Waals surface area contributed by atoms with Gasteiger partial charge < -0.3 is 10.6 Å². The zero-order valence-electron chi connectivity index (χ0n) is 13.5. The summed E-state index contributed by atoms with van der Waals surface area (Å²) in [4.78, 5) is 14.0. The summed E-state index contributed by atoms with van der Waals surface area (Å²) in [6.45, 7) is 6.26. The number of likely N-dealkylation sites (N-methyl/N-ethyl adjacent to an activating group) is 1. The molecule has 1 aromatic carbocycles. The van der Waals surface area contributed by atoms with Crippen molar-refractivity contribution < 1.29 is 4.79 Å². The van der Waals surface area contributed by atoms with Gasteiger partial charge in [0.05, 0.1) is 6.54 Å². The molecule has 0 spiro atoms. The first-order valence-electron chi connectivity index (χ1n) is 7.36. The zero-order valence-corrected chi connectivity index (χ0v) is 15.1. The fourth-order valence-corrected chi connectivity index (χ4v) is 2.46. The van der Waals surface area contributed by atoms with E-state index in [2.05, 4.69) is 48.7 Å². The van der Waals surface area contributed by atoms with E-state index in [1.54, 1.807) is 0 Å². The number of hydrogen-bond acceptors (Lipinski definition) is 3. The topological polar surface area (TPSA) is 44.4 Å². The zero-order chi connectivity index (χ0) is 14.5. The van der Waals surface area contributed by atoms with Gasteiger partial charge in [-0.05, 0) is 45.0 Å². The van der Waals surface area contributed by atoms with Crippen LogP contribution in [0, 0.1) is 0 Å². The average Bonchev–Trinajstić information content (AvgIpc) is 2.44. The third-order valence-electron chi connectivity index (χ3n) is 3.99. The molecular formula is C16H27Cl2N3O. The Balaban J connectivity index is 0.00000220. The molecule has 1 unspecified atom stereocenters. The van der Waals surface area contributed by atoms with E-state index in [1.165, 1.54) is 11.1 Å². The molecule has 22 heavy (non-hydrogen) atoms. The van der Waals surface area contributed by atoms with Crippen LogP contribution in [0.15, 0.2) is 24.3 Å². The predicted molar refractivity (Wildman–Crippen MR) is 96.2 cm³/mol. The Morgan fingerprint density at radius 1 is 1.36 bits per heavy atom. The smallest absolute Gasteiger partial charge is 0.234 e. The van der Waals surface area contributed by atoms with E-state index in [0.717, 1.165) is 13.0 Å². The molecule has 6 heteroatoms. The number of carbonyl (C=O) groups excluding carboxylic acids is 1. The Hall–Kier alpha value is -0.810. The first-order chi connectivity index (χ1) is 9.58. The van der Waals surface area contributed by atoms with Crippen molar-refractivity contribution in [2.24, 2.45) is 0 Å². The van der Waals surface area contributed by atoms with Crippen molar-refractivity contribution in [3.8, 4) is 0 Å². The van der Waals surface area contributed by atoms with Crippen LogP contribution >= 0.6 is 24.8 Å². The number of hydrogen-bond donors (Lipinski definition) is 2. The minimum absolute atomic E-state index is 0. The third-order valence-corrected chi connectivity index (χ3v) is 3.99. The minimum atomic E-state index is 0. The first kappa shape index (κ1) is 21.2. The van der Waals surface area contributed by atoms with Crippen molar-refractivity contribution in [2.45, 2.75) is 32.4 Å². The van der Waals surface area contributed by atoms with Crippen LogP contribution in [0.2, 0.25) is 0 Å². The van der Waals surface area contributed by atoms with Gasteiger partial charge in [0.1, 0.15) is 0 Å². The molecule has 0 aromatic heterocycles. The standard InChI is InChI=1S/C16H25N3O.2ClH/c1-12(2)19(3)11-16(20)18-10-15-14-7-5-4-6-13(14)8-9-17-15;;/h4-7,12,15,17H,8-11H2,1-3H3,(H,18,20);2*1H. The van der Waals surface area contributed by atoms with Crippen LogP contribution in [0.4, 0.5) is 0 Å². The molecule has 1 aliphatic heterocycles. The highest BCUT2D eigenvalue weighted by atomic mass is 35.5. The van der Waals surface area contributed by atoms with Crippen LogP contribution in [0.25, 0.3) is 0 Å². The van der Waals surface area contributed by atoms with E-state index < -0.39 is 0 Å². The van der Waals surface area contributed by atoms with Gasteiger partial charge in [0.15, 0.2) is 0 Å². The van der Waals surface area contributed by atoms with Gasteiger partial charge in [0, 0.05) is 18.6 Å². The highest BCUT2D eigenvalue weighted by molar-refractivity contribution is 5.85. The van der Waals surface area contributed by atoms with Crippen LogP contribution in [-0.2, 0) is 11.2 Å². The lowest BCUT2D eigenvalue weighted by atomic mass is 9.94. The van der Waals surface area contributed by atoms with Crippen molar-refractivity contribution in [3.05, 3.63) is 35.4 Å². The summed E-state index contributed by atoms with van der Waals surface area (Å²) in [6, 6.07) is 9.09. The summed E-state index contributed by atoms with van der Waals surface area (Å²) in [5, 5.41) is 6.51. The van der Waals surface area contributed by atoms with Crippen LogP contribution in [0.3, 0.4) is 0 Å². The molecule has 1 heterocycles. The van der Waals surface area contributed by atoms with Crippen LogP contribution in [0.5, 0.6) is 0 Å². The quantitative estimate of drug-likeness (QED) is 0.857. The number of rotatable bonds is 5. The molecule has 1 amide bonds. The molecular weight excluding hydrogens is 321 g/mol. The minimum Gasteiger partial charge on any atom is -0.353 e. The maximum Gasteiger partial charge on any atom is 0.234 e. The van der Waals surface area contributed by atoms with Crippen molar-refractivity contribution in [1.82, 2.24) is 15.5 Å². The van der Waals surface area contributed by atoms with E-state index in [-0.39, 0.29) is 36.8 Å². The van der Waals surface area contributed by atoms with Crippen molar-refractivity contribution in [1.29, 1.82) is 0 Å². The van der Waals surface area contributed by atoms with Gasteiger partial charge in [-0.3, -0.25) is 9.69 Å². The summed E-state index contributed by atoms with van der Waals surface area (Å²) in [5.41, 5.74) is 2.71. The summed E-state index contributed by atoms with van der Waals surface area (Å²) >= 11 is 0.